The lowest BCUT2D eigenvalue weighted by Gasteiger charge is -2.19. The molecule has 0 atom stereocenters. The molecule has 7 heteroatoms. The van der Waals surface area contributed by atoms with Crippen molar-refractivity contribution in [1.82, 2.24) is 9.97 Å². The minimum absolute atomic E-state index is 0.0599. The van der Waals surface area contributed by atoms with Gasteiger partial charge in [-0.2, -0.15) is 0 Å². The Balaban J connectivity index is 2.44. The van der Waals surface area contributed by atoms with Crippen molar-refractivity contribution in [2.75, 3.05) is 0 Å². The van der Waals surface area contributed by atoms with Crippen LogP contribution in [-0.4, -0.2) is 27.3 Å². The van der Waals surface area contributed by atoms with E-state index in [1.54, 1.807) is 20.8 Å². The lowest BCUT2D eigenvalue weighted by atomic mass is 10.0. The highest BCUT2D eigenvalue weighted by Crippen LogP contribution is 2.18. The molecule has 23 heavy (non-hydrogen) atoms. The number of benzene rings is 1. The Morgan fingerprint density at radius 1 is 1.17 bits per heavy atom. The van der Waals surface area contributed by atoms with Gasteiger partial charge in [0.2, 0.25) is 5.28 Å². The van der Waals surface area contributed by atoms with Gasteiger partial charge in [-0.3, -0.25) is 4.79 Å². The molecule has 1 aromatic carbocycles. The summed E-state index contributed by atoms with van der Waals surface area (Å²) < 4.78 is 18.2. The number of aromatic nitrogens is 2. The molecule has 2 rings (SSSR count). The summed E-state index contributed by atoms with van der Waals surface area (Å²) in [5.74, 6) is -1.78. The monoisotopic (exact) mass is 336 g/mol. The molecule has 0 amide bonds. The van der Waals surface area contributed by atoms with Gasteiger partial charge >= 0.3 is 5.97 Å². The molecule has 1 aromatic heterocycles. The molecule has 0 saturated carbocycles. The Morgan fingerprint density at radius 2 is 1.78 bits per heavy atom. The number of ketones is 1. The van der Waals surface area contributed by atoms with Crippen LogP contribution in [-0.2, 0) is 4.74 Å². The molecule has 2 aromatic rings. The van der Waals surface area contributed by atoms with Crippen LogP contribution in [0.1, 0.15) is 47.2 Å². The Kier molecular flexibility index (Phi) is 4.75. The van der Waals surface area contributed by atoms with Crippen LogP contribution < -0.4 is 0 Å². The van der Waals surface area contributed by atoms with Gasteiger partial charge in [0, 0.05) is 11.8 Å². The van der Waals surface area contributed by atoms with E-state index < -0.39 is 23.2 Å². The zero-order valence-electron chi connectivity index (χ0n) is 12.8. The smallest absolute Gasteiger partial charge is 0.358 e. The first-order chi connectivity index (χ1) is 10.7. The van der Waals surface area contributed by atoms with Crippen LogP contribution in [0.4, 0.5) is 4.39 Å². The normalized spacial score (nSPS) is 11.2. The lowest BCUT2D eigenvalue weighted by Crippen LogP contribution is -2.26. The number of nitrogens with zero attached hydrogens (tertiary/aromatic N) is 2. The largest absolute Gasteiger partial charge is 0.455 e. The standard InChI is InChI=1S/C16H14ClFN2O3/c1-16(2,3)23-14(22)12-11(8-19-15(17)20-12)13(21)9-4-6-10(18)7-5-9/h4-8H,1-3H3. The van der Waals surface area contributed by atoms with Crippen LogP contribution in [0.5, 0.6) is 0 Å². The summed E-state index contributed by atoms with van der Waals surface area (Å²) in [7, 11) is 0. The first-order valence-corrected chi connectivity index (χ1v) is 7.11. The number of hydrogen-bond donors (Lipinski definition) is 0. The molecule has 0 radical (unpaired) electrons. The molecule has 1 heterocycles. The van der Waals surface area contributed by atoms with E-state index in [0.29, 0.717) is 0 Å². The zero-order chi connectivity index (χ0) is 17.2. The summed E-state index contributed by atoms with van der Waals surface area (Å²) in [6.07, 6.45) is 1.15. The van der Waals surface area contributed by atoms with Crippen LogP contribution in [0.3, 0.4) is 0 Å². The fraction of sp³-hybridized carbons (Fsp3) is 0.250. The number of rotatable bonds is 3. The lowest BCUT2D eigenvalue weighted by molar-refractivity contribution is 0.00608. The number of halogens is 2. The van der Waals surface area contributed by atoms with Crippen molar-refractivity contribution in [3.8, 4) is 0 Å². The maximum atomic E-state index is 13.0. The molecule has 5 nitrogen and oxygen atoms in total. The molecule has 120 valence electrons. The summed E-state index contributed by atoms with van der Waals surface area (Å²) in [4.78, 5) is 32.3. The number of carbonyl (C=O) groups excluding carboxylic acids is 2. The molecule has 0 fully saturated rings. The molecule has 0 aliphatic rings. The quantitative estimate of drug-likeness (QED) is 0.488. The molecule has 0 aliphatic carbocycles. The van der Waals surface area contributed by atoms with Gasteiger partial charge in [-0.1, -0.05) is 0 Å². The van der Waals surface area contributed by atoms with E-state index >= 15 is 0 Å². The van der Waals surface area contributed by atoms with Crippen molar-refractivity contribution in [1.29, 1.82) is 0 Å². The first-order valence-electron chi connectivity index (χ1n) is 6.73. The summed E-state index contributed by atoms with van der Waals surface area (Å²) in [6, 6.07) is 4.92. The predicted molar refractivity (Wildman–Crippen MR) is 82.0 cm³/mol. The molecule has 0 aliphatic heterocycles. The van der Waals surface area contributed by atoms with Gasteiger partial charge < -0.3 is 4.74 Å². The number of esters is 1. The van der Waals surface area contributed by atoms with E-state index in [4.69, 9.17) is 16.3 Å². The minimum atomic E-state index is -0.785. The fourth-order valence-electron chi connectivity index (χ4n) is 1.77. The van der Waals surface area contributed by atoms with E-state index in [0.717, 1.165) is 18.3 Å². The van der Waals surface area contributed by atoms with Gasteiger partial charge in [-0.15, -0.1) is 0 Å². The Bertz CT molecular complexity index is 755. The highest BCUT2D eigenvalue weighted by Gasteiger charge is 2.26. The second-order valence-corrected chi connectivity index (χ2v) is 6.08. The Labute approximate surface area is 137 Å². The highest BCUT2D eigenvalue weighted by atomic mass is 35.5. The SMILES string of the molecule is CC(C)(C)OC(=O)c1nc(Cl)ncc1C(=O)c1ccc(F)cc1. The van der Waals surface area contributed by atoms with E-state index in [1.165, 1.54) is 12.1 Å². The molecular weight excluding hydrogens is 323 g/mol. The summed E-state index contributed by atoms with van der Waals surface area (Å²) in [5.41, 5.74) is -0.850. The summed E-state index contributed by atoms with van der Waals surface area (Å²) in [5, 5.41) is -0.179. The minimum Gasteiger partial charge on any atom is -0.455 e. The van der Waals surface area contributed by atoms with E-state index in [9.17, 15) is 14.0 Å². The van der Waals surface area contributed by atoms with Crippen LogP contribution in [0.2, 0.25) is 5.28 Å². The molecular formula is C16H14ClFN2O3. The summed E-state index contributed by atoms with van der Waals surface area (Å²) in [6.45, 7) is 5.07. The van der Waals surface area contributed by atoms with Crippen molar-refractivity contribution in [3.05, 3.63) is 58.4 Å². The van der Waals surface area contributed by atoms with E-state index in [-0.39, 0.29) is 22.1 Å². The van der Waals surface area contributed by atoms with Crippen LogP contribution in [0.25, 0.3) is 0 Å². The first kappa shape index (κ1) is 17.0. The zero-order valence-corrected chi connectivity index (χ0v) is 13.5. The predicted octanol–water partition coefficient (Wildman–Crippen LogP) is 3.46. The molecule has 0 spiro atoms. The third kappa shape index (κ3) is 4.32. The van der Waals surface area contributed by atoms with Gasteiger partial charge in [0.25, 0.3) is 0 Å². The topological polar surface area (TPSA) is 69.2 Å². The fourth-order valence-corrected chi connectivity index (χ4v) is 1.90. The molecule has 0 bridgehead atoms. The molecule has 0 unspecified atom stereocenters. The maximum absolute atomic E-state index is 13.0. The van der Waals surface area contributed by atoms with Crippen molar-refractivity contribution in [2.45, 2.75) is 26.4 Å². The van der Waals surface area contributed by atoms with Gasteiger partial charge in [0.15, 0.2) is 11.5 Å². The number of ether oxygens (including phenoxy) is 1. The van der Waals surface area contributed by atoms with Crippen molar-refractivity contribution in [2.24, 2.45) is 0 Å². The van der Waals surface area contributed by atoms with Gasteiger partial charge in [0.1, 0.15) is 11.4 Å². The van der Waals surface area contributed by atoms with Crippen LogP contribution in [0, 0.1) is 5.82 Å². The van der Waals surface area contributed by atoms with Gasteiger partial charge in [0.05, 0.1) is 5.56 Å². The van der Waals surface area contributed by atoms with E-state index in [2.05, 4.69) is 9.97 Å². The maximum Gasteiger partial charge on any atom is 0.358 e. The highest BCUT2D eigenvalue weighted by molar-refractivity contribution is 6.28. The van der Waals surface area contributed by atoms with Crippen LogP contribution in [0.15, 0.2) is 30.5 Å². The van der Waals surface area contributed by atoms with Crippen molar-refractivity contribution in [3.63, 3.8) is 0 Å². The summed E-state index contributed by atoms with van der Waals surface area (Å²) >= 11 is 5.71. The third-order valence-corrected chi connectivity index (χ3v) is 2.88. The molecule has 0 N–H and O–H groups in total. The van der Waals surface area contributed by atoms with Gasteiger partial charge in [-0.05, 0) is 56.6 Å². The Hall–Kier alpha value is -2.34. The number of carbonyl (C=O) groups is 2. The number of hydrogen-bond acceptors (Lipinski definition) is 5. The second kappa shape index (κ2) is 6.42. The van der Waals surface area contributed by atoms with Crippen molar-refractivity contribution >= 4 is 23.4 Å². The van der Waals surface area contributed by atoms with Gasteiger partial charge in [-0.25, -0.2) is 19.2 Å². The van der Waals surface area contributed by atoms with Crippen molar-refractivity contribution < 1.29 is 18.7 Å². The van der Waals surface area contributed by atoms with Crippen LogP contribution >= 0.6 is 11.6 Å². The van der Waals surface area contributed by atoms with E-state index in [1.807, 2.05) is 0 Å². The third-order valence-electron chi connectivity index (χ3n) is 2.70. The average Bonchev–Trinajstić information content (AvgIpc) is 2.45. The Morgan fingerprint density at radius 3 is 2.35 bits per heavy atom. The average molecular weight is 337 g/mol. The second-order valence-electron chi connectivity index (χ2n) is 5.74. The molecule has 0 saturated heterocycles.